The van der Waals surface area contributed by atoms with E-state index in [4.69, 9.17) is 0 Å². The van der Waals surface area contributed by atoms with Gasteiger partial charge in [0.05, 0.1) is 6.61 Å². The average Bonchev–Trinajstić information content (AvgIpc) is 2.96. The van der Waals surface area contributed by atoms with Gasteiger partial charge in [-0.1, -0.05) is 6.58 Å². The number of carbonyl (C=O) groups is 1. The van der Waals surface area contributed by atoms with Crippen LogP contribution in [0.1, 0.15) is 13.3 Å². The largest absolute Gasteiger partial charge is 0.459 e. The van der Waals surface area contributed by atoms with Gasteiger partial charge in [0.2, 0.25) is 0 Å². The maximum Gasteiger partial charge on any atom is 0.456 e. The molecule has 0 radical (unpaired) electrons. The molecule has 0 amide bonds. The summed E-state index contributed by atoms with van der Waals surface area (Å²) >= 11 is 0. The molecule has 8 heteroatoms. The highest BCUT2D eigenvalue weighted by atomic mass is 19.4. The monoisotopic (exact) mass is 274 g/mol. The topological polar surface area (TPSA) is 38.8 Å². The highest BCUT2D eigenvalue weighted by molar-refractivity contribution is 5.81. The van der Waals surface area contributed by atoms with E-state index in [2.05, 4.69) is 16.1 Å². The Hall–Kier alpha value is -1.18. The Kier molecular flexibility index (Phi) is 3.71. The zero-order chi connectivity index (χ0) is 14.2. The van der Waals surface area contributed by atoms with Crippen molar-refractivity contribution in [1.29, 1.82) is 0 Å². The summed E-state index contributed by atoms with van der Waals surface area (Å²) in [5.41, 5.74) is -2.63. The minimum atomic E-state index is -5.70. The maximum absolute atomic E-state index is 13.1. The summed E-state index contributed by atoms with van der Waals surface area (Å²) in [7, 11) is 0. The summed E-state index contributed by atoms with van der Waals surface area (Å²) in [4.78, 5) is 10.8. The van der Waals surface area contributed by atoms with E-state index in [1.165, 1.54) is 6.92 Å². The van der Waals surface area contributed by atoms with Crippen LogP contribution in [-0.4, -0.2) is 36.4 Å². The van der Waals surface area contributed by atoms with E-state index in [-0.39, 0.29) is 0 Å². The van der Waals surface area contributed by atoms with E-state index in [1.807, 2.05) is 0 Å². The van der Waals surface area contributed by atoms with Crippen LogP contribution in [0.25, 0.3) is 0 Å². The van der Waals surface area contributed by atoms with Crippen molar-refractivity contribution in [3.05, 3.63) is 12.7 Å². The van der Waals surface area contributed by atoms with Crippen LogP contribution < -0.4 is 0 Å². The number of esters is 1. The highest BCUT2D eigenvalue weighted by Crippen LogP contribution is 2.53. The number of epoxide rings is 1. The van der Waals surface area contributed by atoms with Crippen LogP contribution in [0.15, 0.2) is 12.7 Å². The molecule has 0 aromatic rings. The molecule has 0 spiro atoms. The van der Waals surface area contributed by atoms with Crippen molar-refractivity contribution in [2.75, 3.05) is 6.61 Å². The summed E-state index contributed by atoms with van der Waals surface area (Å²) in [5.74, 6) is -5.87. The van der Waals surface area contributed by atoms with Gasteiger partial charge in [-0.25, -0.2) is 4.79 Å². The Morgan fingerprint density at radius 2 is 2.00 bits per heavy atom. The van der Waals surface area contributed by atoms with E-state index >= 15 is 0 Å². The number of carbonyl (C=O) groups excluding carboxylic acids is 1. The molecule has 0 aliphatic carbocycles. The SMILES string of the molecule is C=CC(=O)OC(C)CC1(C(F)(F)C(F)(F)F)CO1. The first-order valence-corrected chi connectivity index (χ1v) is 4.97. The molecule has 0 N–H and O–H groups in total. The van der Waals surface area contributed by atoms with Gasteiger partial charge in [-0.15, -0.1) is 0 Å². The predicted molar refractivity (Wildman–Crippen MR) is 50.1 cm³/mol. The predicted octanol–water partition coefficient (Wildman–Crippen LogP) is 2.46. The van der Waals surface area contributed by atoms with Crippen molar-refractivity contribution in [1.82, 2.24) is 0 Å². The number of rotatable bonds is 5. The van der Waals surface area contributed by atoms with Gasteiger partial charge < -0.3 is 9.47 Å². The fraction of sp³-hybridized carbons (Fsp3) is 0.700. The number of hydrogen-bond acceptors (Lipinski definition) is 3. The fourth-order valence-electron chi connectivity index (χ4n) is 1.53. The highest BCUT2D eigenvalue weighted by Gasteiger charge is 2.77. The van der Waals surface area contributed by atoms with Gasteiger partial charge in [-0.3, -0.25) is 0 Å². The first-order chi connectivity index (χ1) is 8.06. The van der Waals surface area contributed by atoms with Gasteiger partial charge >= 0.3 is 18.1 Å². The Morgan fingerprint density at radius 3 is 2.33 bits per heavy atom. The summed E-state index contributed by atoms with van der Waals surface area (Å²) in [5, 5.41) is 0. The third-order valence-electron chi connectivity index (χ3n) is 2.52. The smallest absolute Gasteiger partial charge is 0.456 e. The second-order valence-electron chi connectivity index (χ2n) is 4.01. The number of halogens is 5. The molecule has 2 unspecified atom stereocenters. The van der Waals surface area contributed by atoms with Gasteiger partial charge in [0.15, 0.2) is 5.60 Å². The summed E-state index contributed by atoms with van der Waals surface area (Å²) < 4.78 is 71.7. The molecule has 18 heavy (non-hydrogen) atoms. The second-order valence-corrected chi connectivity index (χ2v) is 4.01. The lowest BCUT2D eigenvalue weighted by molar-refractivity contribution is -0.307. The third-order valence-corrected chi connectivity index (χ3v) is 2.52. The van der Waals surface area contributed by atoms with Crippen LogP contribution in [0.4, 0.5) is 22.0 Å². The zero-order valence-electron chi connectivity index (χ0n) is 9.39. The molecule has 2 atom stereocenters. The van der Waals surface area contributed by atoms with Crippen molar-refractivity contribution < 1.29 is 36.2 Å². The van der Waals surface area contributed by atoms with Gasteiger partial charge in [0, 0.05) is 12.5 Å². The zero-order valence-corrected chi connectivity index (χ0v) is 9.39. The first-order valence-electron chi connectivity index (χ1n) is 4.97. The Balaban J connectivity index is 2.72. The molecule has 1 heterocycles. The molecule has 1 fully saturated rings. The molecular weight excluding hydrogens is 263 g/mol. The standard InChI is InChI=1S/C10H11F5O3/c1-3-7(16)18-6(2)4-8(5-17-8)9(11,12)10(13,14)15/h3,6H,1,4-5H2,2H3. The van der Waals surface area contributed by atoms with Crippen molar-refractivity contribution in [2.45, 2.75) is 37.1 Å². The van der Waals surface area contributed by atoms with Crippen LogP contribution in [0.5, 0.6) is 0 Å². The Bertz CT molecular complexity index is 346. The summed E-state index contributed by atoms with van der Waals surface area (Å²) in [6.45, 7) is 3.56. The number of ether oxygens (including phenoxy) is 2. The minimum Gasteiger partial charge on any atom is -0.459 e. The molecular formula is C10H11F5O3. The van der Waals surface area contributed by atoms with Crippen LogP contribution in [0.3, 0.4) is 0 Å². The molecule has 1 aliphatic rings. The molecule has 0 aromatic carbocycles. The fourth-order valence-corrected chi connectivity index (χ4v) is 1.53. The van der Waals surface area contributed by atoms with Crippen molar-refractivity contribution in [3.8, 4) is 0 Å². The van der Waals surface area contributed by atoms with Crippen molar-refractivity contribution in [3.63, 3.8) is 0 Å². The molecule has 0 bridgehead atoms. The van der Waals surface area contributed by atoms with E-state index in [9.17, 15) is 26.7 Å². The van der Waals surface area contributed by atoms with Crippen molar-refractivity contribution >= 4 is 5.97 Å². The van der Waals surface area contributed by atoms with E-state index < -0.39 is 42.8 Å². The van der Waals surface area contributed by atoms with E-state index in [1.54, 1.807) is 0 Å². The molecule has 0 saturated carbocycles. The molecule has 1 rings (SSSR count). The minimum absolute atomic E-state index is 0.727. The van der Waals surface area contributed by atoms with Crippen LogP contribution in [0.2, 0.25) is 0 Å². The van der Waals surface area contributed by atoms with Crippen LogP contribution >= 0.6 is 0 Å². The summed E-state index contributed by atoms with van der Waals surface area (Å²) in [6.07, 6.45) is -6.78. The van der Waals surface area contributed by atoms with Gasteiger partial charge in [0.25, 0.3) is 0 Å². The third kappa shape index (κ3) is 2.63. The molecule has 3 nitrogen and oxygen atoms in total. The quantitative estimate of drug-likeness (QED) is 0.334. The van der Waals surface area contributed by atoms with Crippen LogP contribution in [-0.2, 0) is 14.3 Å². The maximum atomic E-state index is 13.1. The number of alkyl halides is 5. The lowest BCUT2D eigenvalue weighted by atomic mass is 9.95. The Labute approximate surface area is 99.5 Å². The Morgan fingerprint density at radius 1 is 1.50 bits per heavy atom. The molecule has 1 aliphatic heterocycles. The number of hydrogen-bond donors (Lipinski definition) is 0. The molecule has 1 saturated heterocycles. The average molecular weight is 274 g/mol. The van der Waals surface area contributed by atoms with Gasteiger partial charge in [0.1, 0.15) is 6.10 Å². The van der Waals surface area contributed by atoms with Gasteiger partial charge in [-0.2, -0.15) is 22.0 Å². The van der Waals surface area contributed by atoms with Gasteiger partial charge in [-0.05, 0) is 6.92 Å². The molecule has 0 aromatic heterocycles. The first kappa shape index (κ1) is 14.9. The molecule has 104 valence electrons. The lowest BCUT2D eigenvalue weighted by Gasteiger charge is -2.27. The van der Waals surface area contributed by atoms with E-state index in [0.29, 0.717) is 0 Å². The summed E-state index contributed by atoms with van der Waals surface area (Å²) in [6, 6.07) is 0. The second kappa shape index (κ2) is 4.49. The normalized spacial score (nSPS) is 25.4. The van der Waals surface area contributed by atoms with Crippen LogP contribution in [0, 0.1) is 0 Å². The lowest BCUT2D eigenvalue weighted by Crippen LogP contribution is -2.51. The van der Waals surface area contributed by atoms with E-state index in [0.717, 1.165) is 6.08 Å². The van der Waals surface area contributed by atoms with Crippen molar-refractivity contribution in [2.24, 2.45) is 0 Å².